The number of halogens is 1. The van der Waals surface area contributed by atoms with E-state index in [1.165, 1.54) is 0 Å². The number of rotatable bonds is 9. The van der Waals surface area contributed by atoms with Gasteiger partial charge in [0.1, 0.15) is 10.7 Å². The number of nitrogens with one attached hydrogen (secondary N) is 1. The van der Waals surface area contributed by atoms with Gasteiger partial charge in [-0.1, -0.05) is 17.3 Å². The molecule has 18 nitrogen and oxygen atoms in total. The lowest BCUT2D eigenvalue weighted by Gasteiger charge is -2.27. The van der Waals surface area contributed by atoms with Gasteiger partial charge in [0.25, 0.3) is 0 Å². The number of nitrogens with zero attached hydrogens (tertiary/aromatic N) is 4. The maximum absolute atomic E-state index is 14.7. The van der Waals surface area contributed by atoms with Crippen LogP contribution in [0.4, 0.5) is 4.39 Å². The fourth-order valence-corrected chi connectivity index (χ4v) is 5.56. The monoisotopic (exact) mass is 543 g/mol. The highest BCUT2D eigenvalue weighted by atomic mass is 32.1. The van der Waals surface area contributed by atoms with Gasteiger partial charge in [-0.15, -0.1) is 0 Å². The molecule has 1 aromatic heterocycles. The van der Waals surface area contributed by atoms with Crippen LogP contribution in [0.1, 0.15) is 6.23 Å². The summed E-state index contributed by atoms with van der Waals surface area (Å²) in [6.45, 7) is -1.50. The summed E-state index contributed by atoms with van der Waals surface area (Å²) in [5.41, 5.74) is 4.93. The molecule has 0 amide bonds. The Balaban J connectivity index is 2.28. The molecule has 0 bridgehead atoms. The Labute approximate surface area is 180 Å². The highest BCUT2D eigenvalue weighted by Gasteiger charge is 2.57. The van der Waals surface area contributed by atoms with E-state index in [1.54, 1.807) is 0 Å². The van der Waals surface area contributed by atoms with Gasteiger partial charge in [0.15, 0.2) is 12.4 Å². The zero-order chi connectivity index (χ0) is 24.5. The van der Waals surface area contributed by atoms with E-state index in [0.717, 1.165) is 12.3 Å². The summed E-state index contributed by atoms with van der Waals surface area (Å²) in [5, 5.41) is 13.2. The molecule has 1 saturated heterocycles. The van der Waals surface area contributed by atoms with E-state index in [0.29, 0.717) is 4.57 Å². The third-order valence-corrected chi connectivity index (χ3v) is 7.57. The van der Waals surface area contributed by atoms with Crippen molar-refractivity contribution in [3.05, 3.63) is 37.8 Å². The largest absolute Gasteiger partial charge is 0.490 e. The van der Waals surface area contributed by atoms with E-state index in [1.807, 2.05) is 0 Å². The highest BCUT2D eigenvalue weighted by Crippen LogP contribution is 2.66. The molecule has 1 aromatic rings. The number of aliphatic hydroxyl groups excluding tert-OH is 1. The first-order valence-electron chi connectivity index (χ1n) is 7.67. The number of aliphatic hydroxyl groups is 1. The van der Waals surface area contributed by atoms with E-state index >= 15 is 0 Å². The van der Waals surface area contributed by atoms with E-state index in [2.05, 4.69) is 28.2 Å². The molecule has 0 spiro atoms. The third kappa shape index (κ3) is 6.60. The standard InChI is InChI=1S/C9H13FN5O13P3S/c10-5-6(16)9(13-14-11,26-7(5)15-2-1-4(32)12-8(15)17)3-25-30(21,22)28-31(23,24)27-29(18,19)20/h1-2,5-7,16H,3H2,(H,21,22)(H,23,24)(H,12,17,32)(H2,18,19,20)/t5?,6-,7-,9-/m1/s1. The van der Waals surface area contributed by atoms with E-state index < -0.39 is 60.0 Å². The summed E-state index contributed by atoms with van der Waals surface area (Å²) >= 11 is 4.72. The molecule has 0 saturated carbocycles. The number of ether oxygens (including phenoxy) is 1. The molecule has 23 heteroatoms. The van der Waals surface area contributed by atoms with E-state index in [4.69, 9.17) is 37.2 Å². The van der Waals surface area contributed by atoms with E-state index in [-0.39, 0.29) is 4.64 Å². The molecule has 2 heterocycles. The van der Waals surface area contributed by atoms with Crippen LogP contribution in [0.2, 0.25) is 0 Å². The van der Waals surface area contributed by atoms with Gasteiger partial charge < -0.3 is 29.4 Å². The molecule has 1 aliphatic heterocycles. The number of aromatic nitrogens is 2. The summed E-state index contributed by atoms with van der Waals surface area (Å²) < 4.78 is 65.4. The lowest BCUT2D eigenvalue weighted by Crippen LogP contribution is -2.44. The van der Waals surface area contributed by atoms with Gasteiger partial charge in [0.05, 0.1) is 6.61 Å². The number of alkyl halides is 1. The van der Waals surface area contributed by atoms with Crippen LogP contribution in [0.25, 0.3) is 10.4 Å². The summed E-state index contributed by atoms with van der Waals surface area (Å²) in [5.74, 6) is 0. The number of azide groups is 1. The molecule has 3 unspecified atom stereocenters. The van der Waals surface area contributed by atoms with Crippen molar-refractivity contribution in [2.45, 2.75) is 24.2 Å². The molecular formula is C9H13FN5O13P3S. The lowest BCUT2D eigenvalue weighted by molar-refractivity contribution is -0.122. The molecule has 1 aliphatic rings. The average molecular weight is 543 g/mol. The predicted molar refractivity (Wildman–Crippen MR) is 98.6 cm³/mol. The first-order chi connectivity index (χ1) is 14.5. The van der Waals surface area contributed by atoms with Crippen LogP contribution in [0.15, 0.2) is 22.2 Å². The van der Waals surface area contributed by atoms with Crippen molar-refractivity contribution in [2.24, 2.45) is 5.11 Å². The quantitative estimate of drug-likeness (QED) is 0.0813. The Morgan fingerprint density at radius 2 is 1.94 bits per heavy atom. The van der Waals surface area contributed by atoms with Crippen LogP contribution in [0, 0.1) is 4.64 Å². The molecule has 0 aliphatic carbocycles. The SMILES string of the molecule is [N-]=[N+]=N[C@]1(COP(=O)(O)OP(=O)(O)OP(=O)(O)O)O[C@@H](n2ccc(=S)[nH]c2=O)C(F)[C@H]1O. The minimum Gasteiger partial charge on any atom is -0.387 e. The average Bonchev–Trinajstić information content (AvgIpc) is 2.83. The number of phosphoric ester groups is 1. The minimum atomic E-state index is -5.87. The number of hydrogen-bond acceptors (Lipinski definition) is 11. The smallest absolute Gasteiger partial charge is 0.387 e. The summed E-state index contributed by atoms with van der Waals surface area (Å²) in [6, 6.07) is 1.15. The lowest BCUT2D eigenvalue weighted by atomic mass is 10.1. The van der Waals surface area contributed by atoms with Gasteiger partial charge in [-0.05, 0) is 11.6 Å². The Kier molecular flexibility index (Phi) is 7.99. The second-order valence-electron chi connectivity index (χ2n) is 5.81. The van der Waals surface area contributed by atoms with Crippen LogP contribution >= 0.6 is 35.7 Å². The molecule has 6 atom stereocenters. The Morgan fingerprint density at radius 1 is 1.31 bits per heavy atom. The second kappa shape index (κ2) is 9.50. The molecular weight excluding hydrogens is 530 g/mol. The van der Waals surface area contributed by atoms with Crippen LogP contribution < -0.4 is 5.69 Å². The first kappa shape index (κ1) is 26.9. The molecule has 2 rings (SSSR count). The Morgan fingerprint density at radius 3 is 2.47 bits per heavy atom. The summed E-state index contributed by atoms with van der Waals surface area (Å²) in [7, 11) is -17.3. The number of aromatic amines is 1. The molecule has 0 radical (unpaired) electrons. The summed E-state index contributed by atoms with van der Waals surface area (Å²) in [6.07, 6.45) is -5.88. The molecule has 0 aromatic carbocycles. The fourth-order valence-electron chi connectivity index (χ4n) is 2.37. The fraction of sp³-hybridized carbons (Fsp3) is 0.556. The normalized spacial score (nSPS) is 29.6. The van der Waals surface area contributed by atoms with Crippen molar-refractivity contribution in [3.63, 3.8) is 0 Å². The van der Waals surface area contributed by atoms with Gasteiger partial charge in [-0.3, -0.25) is 14.1 Å². The van der Waals surface area contributed by atoms with Crippen molar-refractivity contribution in [1.82, 2.24) is 9.55 Å². The Hall–Kier alpha value is -1.33. The van der Waals surface area contributed by atoms with Crippen molar-refractivity contribution < 1.29 is 60.6 Å². The minimum absolute atomic E-state index is 0.0332. The summed E-state index contributed by atoms with van der Waals surface area (Å²) in [4.78, 5) is 52.0. The maximum Gasteiger partial charge on any atom is 0.490 e. The van der Waals surface area contributed by atoms with Gasteiger partial charge in [0, 0.05) is 11.1 Å². The zero-order valence-electron chi connectivity index (χ0n) is 15.0. The molecule has 1 fully saturated rings. The van der Waals surface area contributed by atoms with Crippen LogP contribution in [-0.2, 0) is 31.6 Å². The maximum atomic E-state index is 14.7. The van der Waals surface area contributed by atoms with Gasteiger partial charge >= 0.3 is 29.2 Å². The van der Waals surface area contributed by atoms with E-state index in [9.17, 15) is 32.9 Å². The zero-order valence-corrected chi connectivity index (χ0v) is 18.5. The van der Waals surface area contributed by atoms with Gasteiger partial charge in [-0.2, -0.15) is 8.62 Å². The van der Waals surface area contributed by atoms with Gasteiger partial charge in [-0.25, -0.2) is 22.9 Å². The highest BCUT2D eigenvalue weighted by molar-refractivity contribution is 7.71. The first-order valence-corrected chi connectivity index (χ1v) is 12.6. The molecule has 180 valence electrons. The number of H-pyrrole nitrogens is 1. The van der Waals surface area contributed by atoms with Crippen LogP contribution in [0.5, 0.6) is 0 Å². The Bertz CT molecular complexity index is 1180. The van der Waals surface area contributed by atoms with Crippen LogP contribution in [-0.4, -0.2) is 58.8 Å². The third-order valence-electron chi connectivity index (χ3n) is 3.55. The molecule has 6 N–H and O–H groups in total. The predicted octanol–water partition coefficient (Wildman–Crippen LogP) is 0.484. The van der Waals surface area contributed by atoms with Gasteiger partial charge in [0.2, 0.25) is 5.72 Å². The van der Waals surface area contributed by atoms with Crippen LogP contribution in [0.3, 0.4) is 0 Å². The topological polar surface area (TPSA) is 276 Å². The van der Waals surface area contributed by atoms with Crippen molar-refractivity contribution >= 4 is 35.7 Å². The van der Waals surface area contributed by atoms with Crippen molar-refractivity contribution in [1.29, 1.82) is 0 Å². The number of phosphoric acid groups is 3. The second-order valence-corrected chi connectivity index (χ2v) is 10.7. The number of hydrogen-bond donors (Lipinski definition) is 6. The van der Waals surface area contributed by atoms with Crippen molar-refractivity contribution in [2.75, 3.05) is 6.61 Å². The molecule has 32 heavy (non-hydrogen) atoms. The van der Waals surface area contributed by atoms with Crippen molar-refractivity contribution in [3.8, 4) is 0 Å².